The average molecular weight is 260 g/mol. The minimum atomic E-state index is -1.36. The summed E-state index contributed by atoms with van der Waals surface area (Å²) in [6.07, 6.45) is 0.932. The van der Waals surface area contributed by atoms with Gasteiger partial charge in [-0.1, -0.05) is 0 Å². The van der Waals surface area contributed by atoms with E-state index in [0.29, 0.717) is 0 Å². The maximum Gasteiger partial charge on any atom is 0.404 e. The first-order chi connectivity index (χ1) is 8.04. The van der Waals surface area contributed by atoms with Gasteiger partial charge < -0.3 is 10.4 Å². The van der Waals surface area contributed by atoms with E-state index in [2.05, 4.69) is 9.97 Å². The number of rotatable bonds is 4. The van der Waals surface area contributed by atoms with Crippen molar-refractivity contribution in [3.63, 3.8) is 0 Å². The third kappa shape index (κ3) is 3.80. The summed E-state index contributed by atoms with van der Waals surface area (Å²) in [5.74, 6) is -0.710. The van der Waals surface area contributed by atoms with Gasteiger partial charge in [-0.15, -0.1) is 0 Å². The number of ketones is 1. The molecule has 0 aliphatic heterocycles. The Morgan fingerprint density at radius 2 is 2.06 bits per heavy atom. The van der Waals surface area contributed by atoms with Crippen LogP contribution in [-0.2, 0) is 0 Å². The van der Waals surface area contributed by atoms with Crippen LogP contribution >= 0.6 is 11.6 Å². The van der Waals surface area contributed by atoms with E-state index in [-0.39, 0.29) is 22.7 Å². The smallest absolute Gasteiger partial charge is 0.404 e. The Bertz CT molecular complexity index is 461. The van der Waals surface area contributed by atoms with Crippen LogP contribution < -0.4 is 5.32 Å². The molecule has 0 radical (unpaired) electrons. The summed E-state index contributed by atoms with van der Waals surface area (Å²) >= 11 is 5.42. The highest BCUT2D eigenvalue weighted by Gasteiger charge is 2.14. The Kier molecular flexibility index (Phi) is 4.53. The maximum atomic E-state index is 12.4. The summed E-state index contributed by atoms with van der Waals surface area (Å²) in [7, 11) is 0. The fraction of sp³-hybridized carbons (Fsp3) is 0.111. The number of hydrogen-bond acceptors (Lipinski definition) is 4. The van der Waals surface area contributed by atoms with Crippen LogP contribution in [-0.4, -0.2) is 33.5 Å². The van der Waals surface area contributed by atoms with Gasteiger partial charge in [0.1, 0.15) is 0 Å². The van der Waals surface area contributed by atoms with Crippen molar-refractivity contribution in [1.29, 1.82) is 0 Å². The first kappa shape index (κ1) is 13.0. The molecule has 0 saturated carbocycles. The van der Waals surface area contributed by atoms with Crippen LogP contribution in [0.4, 0.5) is 9.18 Å². The normalized spacial score (nSPS) is 11.1. The van der Waals surface area contributed by atoms with Gasteiger partial charge in [0.25, 0.3) is 0 Å². The molecule has 0 saturated heterocycles. The Balaban J connectivity index is 2.80. The van der Waals surface area contributed by atoms with Crippen molar-refractivity contribution in [3.05, 3.63) is 35.1 Å². The minimum absolute atomic E-state index is 0.0190. The molecule has 1 rings (SSSR count). The fourth-order valence-corrected chi connectivity index (χ4v) is 1.05. The van der Waals surface area contributed by atoms with Gasteiger partial charge in [0.15, 0.2) is 5.78 Å². The lowest BCUT2D eigenvalue weighted by Crippen LogP contribution is -2.26. The van der Waals surface area contributed by atoms with Crippen molar-refractivity contribution < 1.29 is 19.1 Å². The molecule has 0 aromatic carbocycles. The molecule has 17 heavy (non-hydrogen) atoms. The van der Waals surface area contributed by atoms with E-state index < -0.39 is 18.4 Å². The van der Waals surface area contributed by atoms with E-state index in [0.717, 1.165) is 12.4 Å². The summed E-state index contributed by atoms with van der Waals surface area (Å²) in [6, 6.07) is 0. The largest absolute Gasteiger partial charge is 0.465 e. The first-order valence-corrected chi connectivity index (χ1v) is 4.70. The summed E-state index contributed by atoms with van der Waals surface area (Å²) in [4.78, 5) is 29.0. The van der Waals surface area contributed by atoms with E-state index in [1.54, 1.807) is 0 Å². The molecule has 8 heteroatoms. The van der Waals surface area contributed by atoms with Crippen LogP contribution in [0.3, 0.4) is 0 Å². The molecule has 0 aliphatic carbocycles. The van der Waals surface area contributed by atoms with E-state index in [9.17, 15) is 14.0 Å². The molecule has 1 aromatic rings. The Morgan fingerprint density at radius 3 is 2.53 bits per heavy atom. The zero-order valence-corrected chi connectivity index (χ0v) is 9.11. The van der Waals surface area contributed by atoms with Crippen LogP contribution in [0.2, 0.25) is 5.28 Å². The van der Waals surface area contributed by atoms with Gasteiger partial charge in [-0.05, 0) is 11.6 Å². The average Bonchev–Trinajstić information content (AvgIpc) is 2.30. The van der Waals surface area contributed by atoms with Crippen molar-refractivity contribution in [2.45, 2.75) is 0 Å². The monoisotopic (exact) mass is 259 g/mol. The van der Waals surface area contributed by atoms with Crippen molar-refractivity contribution in [3.8, 4) is 0 Å². The molecule has 0 bridgehead atoms. The number of hydrogen-bond donors (Lipinski definition) is 2. The lowest BCUT2D eigenvalue weighted by atomic mass is 10.1. The molecular weight excluding hydrogens is 253 g/mol. The topological polar surface area (TPSA) is 92.2 Å². The fourth-order valence-electron chi connectivity index (χ4n) is 0.954. The molecule has 0 fully saturated rings. The predicted molar refractivity (Wildman–Crippen MR) is 56.6 cm³/mol. The van der Waals surface area contributed by atoms with E-state index >= 15 is 0 Å². The van der Waals surface area contributed by atoms with Crippen molar-refractivity contribution in [1.82, 2.24) is 15.3 Å². The molecule has 6 nitrogen and oxygen atoms in total. The van der Waals surface area contributed by atoms with E-state index in [1.807, 2.05) is 5.32 Å². The zero-order valence-electron chi connectivity index (χ0n) is 8.35. The van der Waals surface area contributed by atoms with Crippen molar-refractivity contribution >= 4 is 23.5 Å². The van der Waals surface area contributed by atoms with Crippen molar-refractivity contribution in [2.24, 2.45) is 0 Å². The third-order valence-electron chi connectivity index (χ3n) is 1.74. The Morgan fingerprint density at radius 1 is 1.47 bits per heavy atom. The van der Waals surface area contributed by atoms with Gasteiger partial charge >= 0.3 is 6.09 Å². The highest BCUT2D eigenvalue weighted by Crippen LogP contribution is 2.08. The van der Waals surface area contributed by atoms with E-state index in [1.165, 1.54) is 0 Å². The van der Waals surface area contributed by atoms with Gasteiger partial charge in [-0.3, -0.25) is 4.79 Å². The van der Waals surface area contributed by atoms with Crippen LogP contribution in [0.5, 0.6) is 0 Å². The predicted octanol–water partition coefficient (Wildman–Crippen LogP) is 1.43. The highest BCUT2D eigenvalue weighted by molar-refractivity contribution is 6.28. The molecule has 1 heterocycles. The maximum absolute atomic E-state index is 12.4. The third-order valence-corrected chi connectivity index (χ3v) is 1.93. The van der Waals surface area contributed by atoms with Gasteiger partial charge in [0, 0.05) is 18.0 Å². The standard InChI is InChI=1S/C9H7ClFN3O3/c10-8-12-3-6(4-13-8)7(15)5(1-11)2-14-9(16)17/h1,3-4,14H,2H2,(H,16,17). The lowest BCUT2D eigenvalue weighted by Gasteiger charge is -2.04. The highest BCUT2D eigenvalue weighted by atomic mass is 35.5. The molecule has 1 amide bonds. The number of nitrogens with one attached hydrogen (secondary N) is 1. The van der Waals surface area contributed by atoms with Crippen LogP contribution in [0, 0.1) is 0 Å². The molecule has 0 atom stereocenters. The van der Waals surface area contributed by atoms with Crippen molar-refractivity contribution in [2.75, 3.05) is 6.54 Å². The quantitative estimate of drug-likeness (QED) is 0.485. The zero-order chi connectivity index (χ0) is 12.8. The van der Waals surface area contributed by atoms with Crippen LogP contribution in [0.25, 0.3) is 0 Å². The summed E-state index contributed by atoms with van der Waals surface area (Å²) in [5.41, 5.74) is -0.330. The number of nitrogens with zero attached hydrogens (tertiary/aromatic N) is 2. The Hall–Kier alpha value is -2.02. The minimum Gasteiger partial charge on any atom is -0.465 e. The molecule has 1 aromatic heterocycles. The van der Waals surface area contributed by atoms with Crippen LogP contribution in [0.15, 0.2) is 24.3 Å². The van der Waals surface area contributed by atoms with Gasteiger partial charge in [-0.2, -0.15) is 0 Å². The van der Waals surface area contributed by atoms with E-state index in [4.69, 9.17) is 16.7 Å². The number of Topliss-reactive ketones (excluding diaryl/α,β-unsaturated/α-hetero) is 1. The number of carbonyl (C=O) groups is 2. The molecule has 90 valence electrons. The summed E-state index contributed by atoms with van der Waals surface area (Å²) in [5, 5.41) is 10.2. The molecular formula is C9H7ClFN3O3. The number of carboxylic acid groups (broad SMARTS) is 1. The SMILES string of the molecule is O=C(O)NCC(=CF)C(=O)c1cnc(Cl)nc1. The second-order valence-corrected chi connectivity index (χ2v) is 3.20. The number of amides is 1. The molecule has 0 aliphatic rings. The number of aromatic nitrogens is 2. The first-order valence-electron chi connectivity index (χ1n) is 4.33. The number of carbonyl (C=O) groups excluding carboxylic acids is 1. The summed E-state index contributed by atoms with van der Waals surface area (Å²) < 4.78 is 12.4. The second-order valence-electron chi connectivity index (χ2n) is 2.86. The van der Waals surface area contributed by atoms with Gasteiger partial charge in [0.05, 0.1) is 18.4 Å². The summed E-state index contributed by atoms with van der Waals surface area (Å²) in [6.45, 7) is -0.437. The van der Waals surface area contributed by atoms with Gasteiger partial charge in [-0.25, -0.2) is 19.2 Å². The van der Waals surface area contributed by atoms with Gasteiger partial charge in [0.2, 0.25) is 5.28 Å². The van der Waals surface area contributed by atoms with Crippen LogP contribution in [0.1, 0.15) is 10.4 Å². The lowest BCUT2D eigenvalue weighted by molar-refractivity contribution is 0.103. The molecule has 2 N–H and O–H groups in total. The second kappa shape index (κ2) is 5.90. The number of halogens is 2. The molecule has 0 unspecified atom stereocenters. The molecule has 0 spiro atoms. The Labute approximate surface area is 100 Å².